The van der Waals surface area contributed by atoms with Crippen LogP contribution in [0.2, 0.25) is 0 Å². The highest BCUT2D eigenvalue weighted by molar-refractivity contribution is 5.81. The zero-order valence-electron chi connectivity index (χ0n) is 15.3. The molecule has 25 heavy (non-hydrogen) atoms. The van der Waals surface area contributed by atoms with Crippen LogP contribution in [0.5, 0.6) is 11.6 Å². The molecule has 1 aromatic carbocycles. The van der Waals surface area contributed by atoms with Crippen molar-refractivity contribution in [2.75, 3.05) is 6.61 Å². The summed E-state index contributed by atoms with van der Waals surface area (Å²) in [6.07, 6.45) is 0. The Morgan fingerprint density at radius 1 is 1.12 bits per heavy atom. The summed E-state index contributed by atoms with van der Waals surface area (Å²) >= 11 is 0. The minimum Gasteiger partial charge on any atom is -0.437 e. The minimum atomic E-state index is 0.488. The lowest BCUT2D eigenvalue weighted by Gasteiger charge is -2.12. The molecular weight excluding hydrogens is 314 g/mol. The minimum absolute atomic E-state index is 0.488. The fourth-order valence-electron chi connectivity index (χ4n) is 2.80. The molecule has 5 heteroatoms. The highest BCUT2D eigenvalue weighted by atomic mass is 16.5. The number of imidazole rings is 1. The van der Waals surface area contributed by atoms with Crippen molar-refractivity contribution in [3.8, 4) is 11.6 Å². The third-order valence-corrected chi connectivity index (χ3v) is 3.85. The standard InChI is InChI=1S/C20H25N3O2/c1-5-24-13-18-22-19-17(23(18)12-14(2)3)11-15(4)21-20(19)25-16-9-7-6-8-10-16/h6-11,14H,5,12-13H2,1-4H3. The SMILES string of the molecule is CCOCc1nc2c(Oc3ccccc3)nc(C)cc2n1CC(C)C. The molecule has 0 spiro atoms. The van der Waals surface area contributed by atoms with Gasteiger partial charge in [0.25, 0.3) is 0 Å². The first-order valence-corrected chi connectivity index (χ1v) is 8.76. The van der Waals surface area contributed by atoms with Crippen LogP contribution in [-0.2, 0) is 17.9 Å². The number of pyridine rings is 1. The molecule has 2 aromatic heterocycles. The van der Waals surface area contributed by atoms with Crippen LogP contribution in [-0.4, -0.2) is 21.1 Å². The van der Waals surface area contributed by atoms with Gasteiger partial charge in [-0.05, 0) is 38.0 Å². The molecule has 132 valence electrons. The molecule has 0 amide bonds. The highest BCUT2D eigenvalue weighted by Crippen LogP contribution is 2.30. The lowest BCUT2D eigenvalue weighted by molar-refractivity contribution is 0.125. The molecule has 0 bridgehead atoms. The van der Waals surface area contributed by atoms with E-state index >= 15 is 0 Å². The summed E-state index contributed by atoms with van der Waals surface area (Å²) in [6.45, 7) is 10.4. The molecule has 0 saturated carbocycles. The van der Waals surface area contributed by atoms with Crippen molar-refractivity contribution >= 4 is 11.0 Å². The van der Waals surface area contributed by atoms with E-state index < -0.39 is 0 Å². The van der Waals surface area contributed by atoms with E-state index in [4.69, 9.17) is 14.5 Å². The predicted molar refractivity (Wildman–Crippen MR) is 98.9 cm³/mol. The summed E-state index contributed by atoms with van der Waals surface area (Å²) in [5.41, 5.74) is 2.73. The first kappa shape index (κ1) is 17.4. The Morgan fingerprint density at radius 3 is 2.56 bits per heavy atom. The first-order valence-electron chi connectivity index (χ1n) is 8.76. The van der Waals surface area contributed by atoms with E-state index in [0.717, 1.165) is 34.8 Å². The van der Waals surface area contributed by atoms with E-state index in [2.05, 4.69) is 29.5 Å². The molecule has 0 aliphatic rings. The van der Waals surface area contributed by atoms with Crippen LogP contribution >= 0.6 is 0 Å². The number of benzene rings is 1. The molecule has 0 saturated heterocycles. The van der Waals surface area contributed by atoms with E-state index in [9.17, 15) is 0 Å². The topological polar surface area (TPSA) is 49.2 Å². The molecule has 0 atom stereocenters. The highest BCUT2D eigenvalue weighted by Gasteiger charge is 2.18. The van der Waals surface area contributed by atoms with E-state index in [1.165, 1.54) is 0 Å². The Kier molecular flexibility index (Phi) is 5.34. The van der Waals surface area contributed by atoms with Gasteiger partial charge in [0.2, 0.25) is 5.88 Å². The van der Waals surface area contributed by atoms with Crippen LogP contribution in [0.15, 0.2) is 36.4 Å². The van der Waals surface area contributed by atoms with Gasteiger partial charge in [-0.3, -0.25) is 0 Å². The molecule has 0 radical (unpaired) electrons. The monoisotopic (exact) mass is 339 g/mol. The van der Waals surface area contributed by atoms with E-state index in [1.807, 2.05) is 44.2 Å². The number of hydrogen-bond donors (Lipinski definition) is 0. The summed E-state index contributed by atoms with van der Waals surface area (Å²) in [4.78, 5) is 9.36. The summed E-state index contributed by atoms with van der Waals surface area (Å²) < 4.78 is 13.9. The van der Waals surface area contributed by atoms with Crippen LogP contribution < -0.4 is 4.74 Å². The second kappa shape index (κ2) is 7.66. The first-order chi connectivity index (χ1) is 12.1. The molecule has 0 fully saturated rings. The summed E-state index contributed by atoms with van der Waals surface area (Å²) in [5, 5.41) is 0. The van der Waals surface area contributed by atoms with Crippen LogP contribution in [0.3, 0.4) is 0 Å². The van der Waals surface area contributed by atoms with Crippen molar-refractivity contribution in [2.24, 2.45) is 5.92 Å². The van der Waals surface area contributed by atoms with Gasteiger partial charge in [-0.2, -0.15) is 0 Å². The molecule has 0 aliphatic carbocycles. The molecular formula is C20H25N3O2. The van der Waals surface area contributed by atoms with Gasteiger partial charge in [0.1, 0.15) is 18.2 Å². The van der Waals surface area contributed by atoms with Gasteiger partial charge in [-0.1, -0.05) is 32.0 Å². The Bertz CT molecular complexity index is 841. The van der Waals surface area contributed by atoms with E-state index in [1.54, 1.807) is 0 Å². The third kappa shape index (κ3) is 3.99. The fourth-order valence-corrected chi connectivity index (χ4v) is 2.80. The number of hydrogen-bond acceptors (Lipinski definition) is 4. The van der Waals surface area contributed by atoms with Crippen LogP contribution in [0.1, 0.15) is 32.3 Å². The summed E-state index contributed by atoms with van der Waals surface area (Å²) in [7, 11) is 0. The number of nitrogens with zero attached hydrogens (tertiary/aromatic N) is 3. The quantitative estimate of drug-likeness (QED) is 0.625. The third-order valence-electron chi connectivity index (χ3n) is 3.85. The van der Waals surface area contributed by atoms with Crippen molar-refractivity contribution in [3.63, 3.8) is 0 Å². The Hall–Kier alpha value is -2.40. The number of para-hydroxylation sites is 1. The van der Waals surface area contributed by atoms with Gasteiger partial charge >= 0.3 is 0 Å². The zero-order chi connectivity index (χ0) is 17.8. The van der Waals surface area contributed by atoms with Crippen LogP contribution in [0.4, 0.5) is 0 Å². The Balaban J connectivity index is 2.09. The van der Waals surface area contributed by atoms with Crippen LogP contribution in [0.25, 0.3) is 11.0 Å². The lowest BCUT2D eigenvalue weighted by Crippen LogP contribution is -2.10. The summed E-state index contributed by atoms with van der Waals surface area (Å²) in [6, 6.07) is 11.8. The Morgan fingerprint density at radius 2 is 1.88 bits per heavy atom. The molecule has 3 aromatic rings. The van der Waals surface area contributed by atoms with Crippen molar-refractivity contribution < 1.29 is 9.47 Å². The van der Waals surface area contributed by atoms with Gasteiger partial charge < -0.3 is 14.0 Å². The fraction of sp³-hybridized carbons (Fsp3) is 0.400. The normalized spacial score (nSPS) is 11.4. The maximum Gasteiger partial charge on any atom is 0.247 e. The molecule has 0 unspecified atom stereocenters. The van der Waals surface area contributed by atoms with Crippen molar-refractivity contribution in [1.82, 2.24) is 14.5 Å². The molecule has 3 rings (SSSR count). The van der Waals surface area contributed by atoms with Gasteiger partial charge in [-0.25, -0.2) is 9.97 Å². The average molecular weight is 339 g/mol. The lowest BCUT2D eigenvalue weighted by atomic mass is 10.2. The number of fused-ring (bicyclic) bond motifs is 1. The van der Waals surface area contributed by atoms with Gasteiger partial charge in [0.15, 0.2) is 5.52 Å². The number of ether oxygens (including phenoxy) is 2. The van der Waals surface area contributed by atoms with Crippen molar-refractivity contribution in [1.29, 1.82) is 0 Å². The van der Waals surface area contributed by atoms with E-state index in [-0.39, 0.29) is 0 Å². The van der Waals surface area contributed by atoms with Gasteiger partial charge in [0, 0.05) is 18.8 Å². The number of aryl methyl sites for hydroxylation is 1. The Labute approximate surface area is 148 Å². The second-order valence-corrected chi connectivity index (χ2v) is 6.52. The van der Waals surface area contributed by atoms with E-state index in [0.29, 0.717) is 25.0 Å². The van der Waals surface area contributed by atoms with Crippen LogP contribution in [0, 0.1) is 12.8 Å². The number of aromatic nitrogens is 3. The molecule has 2 heterocycles. The number of rotatable bonds is 7. The smallest absolute Gasteiger partial charge is 0.247 e. The van der Waals surface area contributed by atoms with Crippen molar-refractivity contribution in [2.45, 2.75) is 40.8 Å². The maximum atomic E-state index is 6.02. The summed E-state index contributed by atoms with van der Waals surface area (Å²) in [5.74, 6) is 2.72. The van der Waals surface area contributed by atoms with Crippen molar-refractivity contribution in [3.05, 3.63) is 47.9 Å². The predicted octanol–water partition coefficient (Wildman–Crippen LogP) is 4.72. The molecule has 5 nitrogen and oxygen atoms in total. The largest absolute Gasteiger partial charge is 0.437 e. The van der Waals surface area contributed by atoms with Gasteiger partial charge in [-0.15, -0.1) is 0 Å². The van der Waals surface area contributed by atoms with Gasteiger partial charge in [0.05, 0.1) is 5.52 Å². The maximum absolute atomic E-state index is 6.02. The molecule has 0 N–H and O–H groups in total. The zero-order valence-corrected chi connectivity index (χ0v) is 15.3. The average Bonchev–Trinajstić information content (AvgIpc) is 2.91. The molecule has 0 aliphatic heterocycles. The second-order valence-electron chi connectivity index (χ2n) is 6.52.